The van der Waals surface area contributed by atoms with Crippen LogP contribution >= 0.6 is 0 Å². The summed E-state index contributed by atoms with van der Waals surface area (Å²) in [5, 5.41) is 9.21. The molecule has 2 unspecified atom stereocenters. The number of nitrogens with two attached hydrogens (primary N) is 1. The molecule has 0 aromatic carbocycles. The molecule has 3 heteroatoms. The molecule has 0 radical (unpaired) electrons. The summed E-state index contributed by atoms with van der Waals surface area (Å²) in [6, 6.07) is 0.181. The summed E-state index contributed by atoms with van der Waals surface area (Å²) >= 11 is 0. The number of aliphatic hydroxyl groups is 1. The lowest BCUT2D eigenvalue weighted by atomic mass is 10.3. The van der Waals surface area contributed by atoms with Crippen molar-refractivity contribution in [2.45, 2.75) is 25.6 Å². The SMILES string of the molecule is CCN1CC(N)CC1O. The number of hydrogen-bond donors (Lipinski definition) is 2. The van der Waals surface area contributed by atoms with E-state index in [4.69, 9.17) is 5.73 Å². The van der Waals surface area contributed by atoms with Crippen LogP contribution in [0.25, 0.3) is 0 Å². The smallest absolute Gasteiger partial charge is 0.108 e. The average molecular weight is 130 g/mol. The fraction of sp³-hybridized carbons (Fsp3) is 1.00. The fourth-order valence-electron chi connectivity index (χ4n) is 1.26. The Morgan fingerprint density at radius 2 is 2.44 bits per heavy atom. The molecule has 1 aliphatic rings. The molecule has 0 aliphatic carbocycles. The van der Waals surface area contributed by atoms with Crippen LogP contribution in [0.15, 0.2) is 0 Å². The van der Waals surface area contributed by atoms with Crippen LogP contribution in [0.2, 0.25) is 0 Å². The van der Waals surface area contributed by atoms with Crippen molar-refractivity contribution in [1.29, 1.82) is 0 Å². The minimum Gasteiger partial charge on any atom is -0.378 e. The minimum atomic E-state index is -0.287. The molecule has 0 saturated carbocycles. The van der Waals surface area contributed by atoms with Crippen LogP contribution in [0.5, 0.6) is 0 Å². The minimum absolute atomic E-state index is 0.181. The Morgan fingerprint density at radius 1 is 1.78 bits per heavy atom. The average Bonchev–Trinajstić information content (AvgIpc) is 2.10. The molecule has 9 heavy (non-hydrogen) atoms. The van der Waals surface area contributed by atoms with Gasteiger partial charge in [-0.2, -0.15) is 0 Å². The lowest BCUT2D eigenvalue weighted by molar-refractivity contribution is 0.0422. The predicted octanol–water partition coefficient (Wildman–Crippen LogP) is -0.642. The Bertz CT molecular complexity index is 97.1. The molecule has 0 bridgehead atoms. The first kappa shape index (κ1) is 6.99. The fourth-order valence-corrected chi connectivity index (χ4v) is 1.26. The molecule has 1 saturated heterocycles. The lowest BCUT2D eigenvalue weighted by Crippen LogP contribution is -2.30. The van der Waals surface area contributed by atoms with Gasteiger partial charge in [-0.25, -0.2) is 0 Å². The van der Waals surface area contributed by atoms with Gasteiger partial charge in [-0.1, -0.05) is 6.92 Å². The lowest BCUT2D eigenvalue weighted by Gasteiger charge is -2.15. The first-order chi connectivity index (χ1) is 4.24. The summed E-state index contributed by atoms with van der Waals surface area (Å²) in [7, 11) is 0. The van der Waals surface area contributed by atoms with Crippen molar-refractivity contribution < 1.29 is 5.11 Å². The van der Waals surface area contributed by atoms with Crippen molar-refractivity contribution in [2.24, 2.45) is 5.73 Å². The maximum Gasteiger partial charge on any atom is 0.108 e. The maximum absolute atomic E-state index is 9.21. The summed E-state index contributed by atoms with van der Waals surface area (Å²) in [5.74, 6) is 0. The number of rotatable bonds is 1. The molecule has 1 fully saturated rings. The van der Waals surface area contributed by atoms with Crippen LogP contribution in [0, 0.1) is 0 Å². The van der Waals surface area contributed by atoms with Crippen molar-refractivity contribution in [3.05, 3.63) is 0 Å². The van der Waals surface area contributed by atoms with Crippen LogP contribution in [-0.4, -0.2) is 35.4 Å². The highest BCUT2D eigenvalue weighted by Crippen LogP contribution is 2.12. The highest BCUT2D eigenvalue weighted by atomic mass is 16.3. The van der Waals surface area contributed by atoms with E-state index in [1.165, 1.54) is 0 Å². The van der Waals surface area contributed by atoms with Gasteiger partial charge in [-0.15, -0.1) is 0 Å². The molecule has 0 aromatic heterocycles. The number of likely N-dealkylation sites (tertiary alicyclic amines) is 1. The maximum atomic E-state index is 9.21. The summed E-state index contributed by atoms with van der Waals surface area (Å²) < 4.78 is 0. The summed E-state index contributed by atoms with van der Waals surface area (Å²) in [6.45, 7) is 3.77. The quantitative estimate of drug-likeness (QED) is 0.496. The van der Waals surface area contributed by atoms with Gasteiger partial charge in [0.15, 0.2) is 0 Å². The zero-order valence-electron chi connectivity index (χ0n) is 5.75. The molecule has 3 N–H and O–H groups in total. The van der Waals surface area contributed by atoms with Crippen molar-refractivity contribution >= 4 is 0 Å². The standard InChI is InChI=1S/C6H14N2O/c1-2-8-4-5(7)3-6(8)9/h5-6,9H,2-4,7H2,1H3. The number of hydrogen-bond acceptors (Lipinski definition) is 3. The van der Waals surface area contributed by atoms with Crippen molar-refractivity contribution in [1.82, 2.24) is 4.90 Å². The highest BCUT2D eigenvalue weighted by molar-refractivity contribution is 4.79. The van der Waals surface area contributed by atoms with Crippen LogP contribution in [0.3, 0.4) is 0 Å². The largest absolute Gasteiger partial charge is 0.378 e. The Balaban J connectivity index is 2.38. The second-order valence-electron chi connectivity index (χ2n) is 2.56. The first-order valence-electron chi connectivity index (χ1n) is 3.41. The van der Waals surface area contributed by atoms with Gasteiger partial charge in [0.2, 0.25) is 0 Å². The Hall–Kier alpha value is -0.120. The third-order valence-electron chi connectivity index (χ3n) is 1.81. The molecule has 0 spiro atoms. The van der Waals surface area contributed by atoms with Gasteiger partial charge in [0.1, 0.15) is 6.23 Å². The van der Waals surface area contributed by atoms with E-state index in [9.17, 15) is 5.11 Å². The van der Waals surface area contributed by atoms with Crippen LogP contribution < -0.4 is 5.73 Å². The van der Waals surface area contributed by atoms with Crippen molar-refractivity contribution in [2.75, 3.05) is 13.1 Å². The van der Waals surface area contributed by atoms with Crippen LogP contribution in [-0.2, 0) is 0 Å². The summed E-state index contributed by atoms with van der Waals surface area (Å²) in [6.07, 6.45) is 0.443. The number of likely N-dealkylation sites (N-methyl/N-ethyl adjacent to an activating group) is 1. The molecular formula is C6H14N2O. The van der Waals surface area contributed by atoms with Crippen LogP contribution in [0.4, 0.5) is 0 Å². The zero-order valence-corrected chi connectivity index (χ0v) is 5.75. The summed E-state index contributed by atoms with van der Waals surface area (Å²) in [5.41, 5.74) is 5.59. The third kappa shape index (κ3) is 1.41. The van der Waals surface area contributed by atoms with E-state index in [0.717, 1.165) is 19.5 Å². The normalized spacial score (nSPS) is 37.7. The van der Waals surface area contributed by atoms with E-state index in [1.54, 1.807) is 0 Å². The Labute approximate surface area is 55.5 Å². The monoisotopic (exact) mass is 130 g/mol. The summed E-state index contributed by atoms with van der Waals surface area (Å²) in [4.78, 5) is 1.98. The zero-order chi connectivity index (χ0) is 6.85. The second-order valence-corrected chi connectivity index (χ2v) is 2.56. The van der Waals surface area contributed by atoms with E-state index < -0.39 is 0 Å². The van der Waals surface area contributed by atoms with E-state index >= 15 is 0 Å². The molecular weight excluding hydrogens is 116 g/mol. The van der Waals surface area contributed by atoms with Gasteiger partial charge in [0, 0.05) is 19.0 Å². The molecule has 1 heterocycles. The topological polar surface area (TPSA) is 49.5 Å². The predicted molar refractivity (Wildman–Crippen MR) is 35.8 cm³/mol. The van der Waals surface area contributed by atoms with E-state index in [1.807, 2.05) is 11.8 Å². The second kappa shape index (κ2) is 2.64. The van der Waals surface area contributed by atoms with Gasteiger partial charge in [-0.05, 0) is 6.54 Å². The molecule has 1 aliphatic heterocycles. The van der Waals surface area contributed by atoms with E-state index in [-0.39, 0.29) is 12.3 Å². The molecule has 3 nitrogen and oxygen atoms in total. The van der Waals surface area contributed by atoms with Crippen molar-refractivity contribution in [3.63, 3.8) is 0 Å². The first-order valence-corrected chi connectivity index (χ1v) is 3.41. The third-order valence-corrected chi connectivity index (χ3v) is 1.81. The highest BCUT2D eigenvalue weighted by Gasteiger charge is 2.26. The van der Waals surface area contributed by atoms with Gasteiger partial charge in [-0.3, -0.25) is 4.90 Å². The van der Waals surface area contributed by atoms with E-state index in [2.05, 4.69) is 0 Å². The van der Waals surface area contributed by atoms with Gasteiger partial charge < -0.3 is 10.8 Å². The molecule has 2 atom stereocenters. The number of nitrogens with zero attached hydrogens (tertiary/aromatic N) is 1. The van der Waals surface area contributed by atoms with Gasteiger partial charge >= 0.3 is 0 Å². The molecule has 0 aromatic rings. The van der Waals surface area contributed by atoms with Gasteiger partial charge in [0.05, 0.1) is 0 Å². The van der Waals surface area contributed by atoms with Crippen molar-refractivity contribution in [3.8, 4) is 0 Å². The molecule has 1 rings (SSSR count). The Morgan fingerprint density at radius 3 is 2.67 bits per heavy atom. The number of aliphatic hydroxyl groups excluding tert-OH is 1. The molecule has 0 amide bonds. The Kier molecular flexibility index (Phi) is 2.05. The molecule has 54 valence electrons. The van der Waals surface area contributed by atoms with Crippen LogP contribution in [0.1, 0.15) is 13.3 Å². The van der Waals surface area contributed by atoms with E-state index in [0.29, 0.717) is 0 Å². The van der Waals surface area contributed by atoms with Gasteiger partial charge in [0.25, 0.3) is 0 Å².